The van der Waals surface area contributed by atoms with Crippen molar-refractivity contribution in [3.05, 3.63) is 46.5 Å². The van der Waals surface area contributed by atoms with E-state index < -0.39 is 5.91 Å². The van der Waals surface area contributed by atoms with Crippen LogP contribution in [0.5, 0.6) is 5.75 Å². The smallest absolute Gasteiger partial charge is 0.316 e. The summed E-state index contributed by atoms with van der Waals surface area (Å²) in [7, 11) is 0. The maximum absolute atomic E-state index is 12.2. The number of nitrogens with one attached hydrogen (secondary N) is 1. The third-order valence-electron chi connectivity index (χ3n) is 4.33. The Morgan fingerprint density at radius 1 is 1.36 bits per heavy atom. The molecule has 0 bridgehead atoms. The van der Waals surface area contributed by atoms with Crippen LogP contribution in [0.15, 0.2) is 40.2 Å². The zero-order valence-electron chi connectivity index (χ0n) is 15.2. The summed E-state index contributed by atoms with van der Waals surface area (Å²) >= 11 is 1.65. The van der Waals surface area contributed by atoms with Crippen LogP contribution >= 0.6 is 11.3 Å². The van der Waals surface area contributed by atoms with Crippen molar-refractivity contribution in [1.82, 2.24) is 15.5 Å². The van der Waals surface area contributed by atoms with Crippen molar-refractivity contribution in [2.45, 2.75) is 13.3 Å². The van der Waals surface area contributed by atoms with Gasteiger partial charge in [0.25, 0.3) is 5.91 Å². The molecule has 2 amide bonds. The van der Waals surface area contributed by atoms with Gasteiger partial charge in [0.15, 0.2) is 6.61 Å². The van der Waals surface area contributed by atoms with Gasteiger partial charge in [0.2, 0.25) is 5.82 Å². The Kier molecular flexibility index (Phi) is 5.07. The molecule has 0 atom stereocenters. The van der Waals surface area contributed by atoms with E-state index in [0.29, 0.717) is 30.1 Å². The number of nitrogens with zero attached hydrogens (tertiary/aromatic N) is 3. The molecule has 1 N–H and O–H groups in total. The average molecular weight is 398 g/mol. The highest BCUT2D eigenvalue weighted by Crippen LogP contribution is 2.35. The first kappa shape index (κ1) is 18.2. The van der Waals surface area contributed by atoms with Crippen molar-refractivity contribution < 1.29 is 18.8 Å². The van der Waals surface area contributed by atoms with Crippen LogP contribution < -0.4 is 15.0 Å². The van der Waals surface area contributed by atoms with Crippen molar-refractivity contribution in [3.8, 4) is 17.1 Å². The Hall–Kier alpha value is -3.20. The second-order valence-corrected chi connectivity index (χ2v) is 7.15. The lowest BCUT2D eigenvalue weighted by molar-refractivity contribution is -0.121. The predicted molar refractivity (Wildman–Crippen MR) is 104 cm³/mol. The summed E-state index contributed by atoms with van der Waals surface area (Å²) in [6.07, 6.45) is 0.749. The predicted octanol–water partition coefficient (Wildman–Crippen LogP) is 2.52. The van der Waals surface area contributed by atoms with Gasteiger partial charge in [-0.05, 0) is 43.0 Å². The lowest BCUT2D eigenvalue weighted by Gasteiger charge is -2.28. The Bertz CT molecular complexity index is 999. The number of fused-ring (bicyclic) bond motifs is 1. The fourth-order valence-electron chi connectivity index (χ4n) is 2.95. The van der Waals surface area contributed by atoms with E-state index in [2.05, 4.69) is 15.5 Å². The molecule has 1 aromatic carbocycles. The van der Waals surface area contributed by atoms with Crippen LogP contribution in [0.25, 0.3) is 11.4 Å². The standard InChI is InChI=1S/C19H18N4O4S/c1-2-23-14-6-5-12(10-15(14)26-11-16(23)24)17-21-19(27-22-17)18(25)20-8-7-13-4-3-9-28-13/h3-6,9-10H,2,7-8,11H2,1H3,(H,20,25). The number of hydrogen-bond acceptors (Lipinski definition) is 7. The number of carbonyl (C=O) groups excluding carboxylic acids is 2. The largest absolute Gasteiger partial charge is 0.482 e. The second kappa shape index (κ2) is 7.81. The number of aromatic nitrogens is 2. The van der Waals surface area contributed by atoms with E-state index in [1.807, 2.05) is 24.4 Å². The maximum Gasteiger partial charge on any atom is 0.316 e. The van der Waals surface area contributed by atoms with Gasteiger partial charge in [0.1, 0.15) is 5.75 Å². The van der Waals surface area contributed by atoms with Crippen LogP contribution in [-0.2, 0) is 11.2 Å². The SMILES string of the molecule is CCN1C(=O)COc2cc(-c3noc(C(=O)NCCc4cccs4)n3)ccc21. The van der Waals surface area contributed by atoms with Crippen LogP contribution in [0.2, 0.25) is 0 Å². The Morgan fingerprint density at radius 2 is 2.25 bits per heavy atom. The molecule has 1 aliphatic heterocycles. The van der Waals surface area contributed by atoms with Gasteiger partial charge >= 0.3 is 11.8 Å². The van der Waals surface area contributed by atoms with Gasteiger partial charge in [-0.15, -0.1) is 11.3 Å². The molecule has 2 aromatic heterocycles. The van der Waals surface area contributed by atoms with Crippen LogP contribution in [0.3, 0.4) is 0 Å². The third kappa shape index (κ3) is 3.61. The molecule has 0 saturated carbocycles. The number of rotatable bonds is 6. The van der Waals surface area contributed by atoms with Crippen molar-refractivity contribution in [2.75, 3.05) is 24.6 Å². The zero-order valence-corrected chi connectivity index (χ0v) is 16.0. The fourth-order valence-corrected chi connectivity index (χ4v) is 3.66. The molecule has 3 heterocycles. The van der Waals surface area contributed by atoms with E-state index >= 15 is 0 Å². The topological polar surface area (TPSA) is 97.6 Å². The van der Waals surface area contributed by atoms with Crippen molar-refractivity contribution in [1.29, 1.82) is 0 Å². The Labute approximate surface area is 165 Å². The van der Waals surface area contributed by atoms with E-state index in [4.69, 9.17) is 9.26 Å². The Morgan fingerprint density at radius 3 is 3.04 bits per heavy atom. The van der Waals surface area contributed by atoms with Gasteiger partial charge in [-0.3, -0.25) is 9.59 Å². The molecule has 0 saturated heterocycles. The monoisotopic (exact) mass is 398 g/mol. The molecule has 4 rings (SSSR count). The number of likely N-dealkylation sites (N-methyl/N-ethyl adjacent to an activating group) is 1. The summed E-state index contributed by atoms with van der Waals surface area (Å²) in [6.45, 7) is 2.95. The van der Waals surface area contributed by atoms with E-state index in [9.17, 15) is 9.59 Å². The van der Waals surface area contributed by atoms with Gasteiger partial charge < -0.3 is 19.5 Å². The van der Waals surface area contributed by atoms with E-state index in [1.165, 1.54) is 4.88 Å². The number of carbonyl (C=O) groups is 2. The number of hydrogen-bond donors (Lipinski definition) is 1. The van der Waals surface area contributed by atoms with Gasteiger partial charge in [0, 0.05) is 23.5 Å². The summed E-state index contributed by atoms with van der Waals surface area (Å²) in [5.74, 6) is 0.279. The minimum atomic E-state index is -0.410. The molecule has 3 aromatic rings. The summed E-state index contributed by atoms with van der Waals surface area (Å²) in [4.78, 5) is 31.1. The molecule has 28 heavy (non-hydrogen) atoms. The lowest BCUT2D eigenvalue weighted by atomic mass is 10.1. The van der Waals surface area contributed by atoms with Crippen LogP contribution in [0.4, 0.5) is 5.69 Å². The maximum atomic E-state index is 12.2. The molecule has 0 unspecified atom stereocenters. The van der Waals surface area contributed by atoms with Crippen molar-refractivity contribution in [2.24, 2.45) is 0 Å². The van der Waals surface area contributed by atoms with Gasteiger partial charge in [-0.1, -0.05) is 11.2 Å². The minimum absolute atomic E-state index is 0.00552. The minimum Gasteiger partial charge on any atom is -0.482 e. The Balaban J connectivity index is 1.45. The first-order chi connectivity index (χ1) is 13.7. The fraction of sp³-hybridized carbons (Fsp3) is 0.263. The molecule has 0 radical (unpaired) electrons. The molecular weight excluding hydrogens is 380 g/mol. The highest BCUT2D eigenvalue weighted by molar-refractivity contribution is 7.09. The molecule has 144 valence electrons. The number of benzene rings is 1. The molecular formula is C19H18N4O4S. The number of ether oxygens (including phenoxy) is 1. The third-order valence-corrected chi connectivity index (χ3v) is 5.27. The molecule has 0 fully saturated rings. The summed E-state index contributed by atoms with van der Waals surface area (Å²) in [5, 5.41) is 8.66. The highest BCUT2D eigenvalue weighted by atomic mass is 32.1. The lowest BCUT2D eigenvalue weighted by Crippen LogP contribution is -2.38. The molecule has 8 nitrogen and oxygen atoms in total. The van der Waals surface area contributed by atoms with Crippen LogP contribution in [0.1, 0.15) is 22.5 Å². The zero-order chi connectivity index (χ0) is 19.5. The number of anilines is 1. The number of amides is 2. The second-order valence-electron chi connectivity index (χ2n) is 6.12. The van der Waals surface area contributed by atoms with E-state index in [0.717, 1.165) is 6.42 Å². The normalized spacial score (nSPS) is 13.2. The molecule has 0 aliphatic carbocycles. The molecule has 0 spiro atoms. The number of thiophene rings is 1. The summed E-state index contributed by atoms with van der Waals surface area (Å²) < 4.78 is 10.6. The summed E-state index contributed by atoms with van der Waals surface area (Å²) in [6, 6.07) is 9.29. The van der Waals surface area contributed by atoms with Crippen LogP contribution in [-0.4, -0.2) is 41.7 Å². The van der Waals surface area contributed by atoms with Gasteiger partial charge in [-0.2, -0.15) is 4.98 Å². The van der Waals surface area contributed by atoms with Crippen LogP contribution in [0, 0.1) is 0 Å². The molecule has 9 heteroatoms. The van der Waals surface area contributed by atoms with Gasteiger partial charge in [0.05, 0.1) is 5.69 Å². The van der Waals surface area contributed by atoms with E-state index in [1.54, 1.807) is 34.4 Å². The first-order valence-corrected chi connectivity index (χ1v) is 9.75. The average Bonchev–Trinajstić information content (AvgIpc) is 3.40. The van der Waals surface area contributed by atoms with Gasteiger partial charge in [-0.25, -0.2) is 0 Å². The quantitative estimate of drug-likeness (QED) is 0.685. The highest BCUT2D eigenvalue weighted by Gasteiger charge is 2.25. The van der Waals surface area contributed by atoms with Crippen molar-refractivity contribution >= 4 is 28.8 Å². The van der Waals surface area contributed by atoms with Crippen molar-refractivity contribution in [3.63, 3.8) is 0 Å². The first-order valence-electron chi connectivity index (χ1n) is 8.87. The van der Waals surface area contributed by atoms with E-state index in [-0.39, 0.29) is 24.2 Å². The summed E-state index contributed by atoms with van der Waals surface area (Å²) in [5.41, 5.74) is 1.35. The molecule has 1 aliphatic rings.